The molecule has 30 heavy (non-hydrogen) atoms. The van der Waals surface area contributed by atoms with E-state index in [2.05, 4.69) is 20.3 Å². The SMILES string of the molecule is O=C(NCc1ccncc1)Nc1ccc(NS(=O)(=O)Cc2c(F)cccc2F)cc1. The summed E-state index contributed by atoms with van der Waals surface area (Å²) >= 11 is 0. The Hall–Kier alpha value is -3.53. The van der Waals surface area contributed by atoms with Crippen molar-refractivity contribution in [3.8, 4) is 0 Å². The van der Waals surface area contributed by atoms with Crippen LogP contribution >= 0.6 is 0 Å². The van der Waals surface area contributed by atoms with Gasteiger partial charge in [-0.2, -0.15) is 0 Å². The third-order valence-electron chi connectivity index (χ3n) is 4.01. The van der Waals surface area contributed by atoms with Crippen LogP contribution in [0.5, 0.6) is 0 Å². The number of carbonyl (C=O) groups is 1. The quantitative estimate of drug-likeness (QED) is 0.531. The number of anilines is 2. The maximum Gasteiger partial charge on any atom is 0.319 e. The summed E-state index contributed by atoms with van der Waals surface area (Å²) < 4.78 is 54.1. The molecule has 3 rings (SSSR count). The highest BCUT2D eigenvalue weighted by molar-refractivity contribution is 7.91. The van der Waals surface area contributed by atoms with E-state index < -0.39 is 39.0 Å². The monoisotopic (exact) mass is 432 g/mol. The smallest absolute Gasteiger partial charge is 0.319 e. The number of hydrogen-bond acceptors (Lipinski definition) is 4. The van der Waals surface area contributed by atoms with Gasteiger partial charge in [0.2, 0.25) is 10.0 Å². The van der Waals surface area contributed by atoms with Crippen LogP contribution in [0.4, 0.5) is 25.0 Å². The maximum atomic E-state index is 13.7. The minimum absolute atomic E-state index is 0.189. The molecular formula is C20H18F2N4O3S. The highest BCUT2D eigenvalue weighted by Gasteiger charge is 2.18. The van der Waals surface area contributed by atoms with Gasteiger partial charge in [-0.25, -0.2) is 22.0 Å². The average molecular weight is 432 g/mol. The number of rotatable bonds is 7. The van der Waals surface area contributed by atoms with Gasteiger partial charge in [-0.15, -0.1) is 0 Å². The minimum atomic E-state index is -4.04. The molecule has 0 fully saturated rings. The van der Waals surface area contributed by atoms with E-state index in [-0.39, 0.29) is 5.69 Å². The Bertz CT molecular complexity index is 1100. The lowest BCUT2D eigenvalue weighted by atomic mass is 10.2. The lowest BCUT2D eigenvalue weighted by molar-refractivity contribution is 0.251. The van der Waals surface area contributed by atoms with Gasteiger partial charge >= 0.3 is 6.03 Å². The number of carbonyl (C=O) groups excluding carboxylic acids is 1. The van der Waals surface area contributed by atoms with Crippen molar-refractivity contribution in [1.29, 1.82) is 0 Å². The van der Waals surface area contributed by atoms with E-state index in [1.807, 2.05) is 0 Å². The Morgan fingerprint density at radius 3 is 2.13 bits per heavy atom. The standard InChI is InChI=1S/C20H18F2N4O3S/c21-18-2-1-3-19(22)17(18)13-30(28,29)26-16-6-4-15(5-7-16)25-20(27)24-12-14-8-10-23-11-9-14/h1-11,26H,12-13H2,(H2,24,25,27). The Balaban J connectivity index is 1.56. The molecule has 0 saturated carbocycles. The van der Waals surface area contributed by atoms with E-state index in [4.69, 9.17) is 0 Å². The van der Waals surface area contributed by atoms with Gasteiger partial charge in [0.25, 0.3) is 0 Å². The van der Waals surface area contributed by atoms with Crippen molar-refractivity contribution in [2.75, 3.05) is 10.0 Å². The van der Waals surface area contributed by atoms with Gasteiger partial charge in [-0.05, 0) is 54.1 Å². The molecule has 0 bridgehead atoms. The van der Waals surface area contributed by atoms with E-state index in [9.17, 15) is 22.0 Å². The van der Waals surface area contributed by atoms with E-state index in [1.54, 1.807) is 24.5 Å². The molecule has 0 radical (unpaired) electrons. The number of sulfonamides is 1. The number of pyridine rings is 1. The number of nitrogens with zero attached hydrogens (tertiary/aromatic N) is 1. The fraction of sp³-hybridized carbons (Fsp3) is 0.100. The Labute approximate surface area is 172 Å². The number of amides is 2. The Kier molecular flexibility index (Phi) is 6.58. The van der Waals surface area contributed by atoms with Gasteiger partial charge in [0.05, 0.1) is 0 Å². The summed E-state index contributed by atoms with van der Waals surface area (Å²) in [7, 11) is -4.04. The van der Waals surface area contributed by atoms with Crippen LogP contribution in [0, 0.1) is 11.6 Å². The number of urea groups is 1. The number of halogens is 2. The summed E-state index contributed by atoms with van der Waals surface area (Å²) in [5.74, 6) is -2.71. The van der Waals surface area contributed by atoms with Crippen LogP contribution < -0.4 is 15.4 Å². The van der Waals surface area contributed by atoms with Crippen LogP contribution in [0.2, 0.25) is 0 Å². The summed E-state index contributed by atoms with van der Waals surface area (Å²) in [6.45, 7) is 0.318. The first kappa shape index (κ1) is 21.2. The first-order valence-electron chi connectivity index (χ1n) is 8.79. The molecule has 7 nitrogen and oxygen atoms in total. The number of aromatic nitrogens is 1. The lowest BCUT2D eigenvalue weighted by Gasteiger charge is -2.11. The second-order valence-corrected chi connectivity index (χ2v) is 8.02. The van der Waals surface area contributed by atoms with Crippen LogP contribution in [-0.2, 0) is 22.3 Å². The molecule has 1 heterocycles. The zero-order valence-electron chi connectivity index (χ0n) is 15.6. The first-order chi connectivity index (χ1) is 14.3. The molecule has 2 amide bonds. The molecule has 0 aliphatic rings. The molecular weight excluding hydrogens is 414 g/mol. The van der Waals surface area contributed by atoms with Gasteiger partial charge in [0, 0.05) is 35.9 Å². The van der Waals surface area contributed by atoms with E-state index in [1.165, 1.54) is 24.3 Å². The van der Waals surface area contributed by atoms with Crippen molar-refractivity contribution < 1.29 is 22.0 Å². The van der Waals surface area contributed by atoms with Crippen LogP contribution in [0.15, 0.2) is 67.0 Å². The fourth-order valence-corrected chi connectivity index (χ4v) is 3.78. The lowest BCUT2D eigenvalue weighted by Crippen LogP contribution is -2.28. The van der Waals surface area contributed by atoms with Crippen molar-refractivity contribution in [3.63, 3.8) is 0 Å². The number of benzene rings is 2. The van der Waals surface area contributed by atoms with Crippen LogP contribution in [-0.4, -0.2) is 19.4 Å². The third kappa shape index (κ3) is 5.98. The van der Waals surface area contributed by atoms with Crippen LogP contribution in [0.1, 0.15) is 11.1 Å². The summed E-state index contributed by atoms with van der Waals surface area (Å²) in [6.07, 6.45) is 3.24. The van der Waals surface area contributed by atoms with Gasteiger partial charge < -0.3 is 10.6 Å². The van der Waals surface area contributed by atoms with Crippen molar-refractivity contribution >= 4 is 27.4 Å². The second-order valence-electron chi connectivity index (χ2n) is 6.30. The molecule has 0 aliphatic carbocycles. The van der Waals surface area contributed by atoms with Crippen molar-refractivity contribution in [2.45, 2.75) is 12.3 Å². The summed E-state index contributed by atoms with van der Waals surface area (Å²) in [5, 5.41) is 5.29. The first-order valence-corrected chi connectivity index (χ1v) is 10.4. The zero-order valence-corrected chi connectivity index (χ0v) is 16.4. The Morgan fingerprint density at radius 1 is 0.900 bits per heavy atom. The molecule has 2 aromatic carbocycles. The number of nitrogens with one attached hydrogen (secondary N) is 3. The molecule has 3 N–H and O–H groups in total. The summed E-state index contributed by atoms with van der Waals surface area (Å²) in [6, 6.07) is 12.1. The molecule has 0 spiro atoms. The molecule has 0 aliphatic heterocycles. The van der Waals surface area contributed by atoms with Gasteiger partial charge in [0.1, 0.15) is 17.4 Å². The fourth-order valence-electron chi connectivity index (χ4n) is 2.56. The van der Waals surface area contributed by atoms with Crippen molar-refractivity contribution in [2.24, 2.45) is 0 Å². The zero-order chi connectivity index (χ0) is 21.6. The Morgan fingerprint density at radius 2 is 1.50 bits per heavy atom. The maximum absolute atomic E-state index is 13.7. The molecule has 156 valence electrons. The van der Waals surface area contributed by atoms with Crippen LogP contribution in [0.3, 0.4) is 0 Å². The molecule has 0 atom stereocenters. The van der Waals surface area contributed by atoms with Gasteiger partial charge in [-0.1, -0.05) is 6.07 Å². The summed E-state index contributed by atoms with van der Waals surface area (Å²) in [5.41, 5.74) is 0.977. The van der Waals surface area contributed by atoms with E-state index in [0.717, 1.165) is 23.8 Å². The molecule has 10 heteroatoms. The minimum Gasteiger partial charge on any atom is -0.334 e. The van der Waals surface area contributed by atoms with Crippen LogP contribution in [0.25, 0.3) is 0 Å². The predicted octanol–water partition coefficient (Wildman–Crippen LogP) is 3.62. The van der Waals surface area contributed by atoms with E-state index >= 15 is 0 Å². The van der Waals surface area contributed by atoms with Crippen molar-refractivity contribution in [1.82, 2.24) is 10.3 Å². The van der Waals surface area contributed by atoms with Gasteiger partial charge in [0.15, 0.2) is 0 Å². The molecule has 1 aromatic heterocycles. The topological polar surface area (TPSA) is 100 Å². The molecule has 0 unspecified atom stereocenters. The number of hydrogen-bond donors (Lipinski definition) is 3. The normalized spacial score (nSPS) is 11.0. The van der Waals surface area contributed by atoms with Gasteiger partial charge in [-0.3, -0.25) is 9.71 Å². The summed E-state index contributed by atoms with van der Waals surface area (Å²) in [4.78, 5) is 15.8. The third-order valence-corrected chi connectivity index (χ3v) is 5.23. The second kappa shape index (κ2) is 9.31. The predicted molar refractivity (Wildman–Crippen MR) is 109 cm³/mol. The largest absolute Gasteiger partial charge is 0.334 e. The molecule has 0 saturated heterocycles. The van der Waals surface area contributed by atoms with E-state index in [0.29, 0.717) is 12.2 Å². The average Bonchev–Trinajstić information content (AvgIpc) is 2.71. The highest BCUT2D eigenvalue weighted by atomic mass is 32.2. The van der Waals surface area contributed by atoms with Crippen molar-refractivity contribution in [3.05, 3.63) is 89.8 Å². The highest BCUT2D eigenvalue weighted by Crippen LogP contribution is 2.19. The molecule has 3 aromatic rings.